The average molecular weight is 381 g/mol. The van der Waals surface area contributed by atoms with E-state index in [9.17, 15) is 4.79 Å². The van der Waals surface area contributed by atoms with Gasteiger partial charge in [-0.05, 0) is 50.2 Å². The summed E-state index contributed by atoms with van der Waals surface area (Å²) < 4.78 is 0. The smallest absolute Gasteiger partial charge is 0.242 e. The molecule has 0 saturated heterocycles. The Kier molecular flexibility index (Phi) is 6.32. The molecule has 3 rings (SSSR count). The van der Waals surface area contributed by atoms with E-state index in [2.05, 4.69) is 38.5 Å². The van der Waals surface area contributed by atoms with Crippen molar-refractivity contribution in [3.8, 4) is 29.0 Å². The molecule has 0 aliphatic carbocycles. The van der Waals surface area contributed by atoms with Crippen LogP contribution in [0.4, 0.5) is 5.82 Å². The first kappa shape index (κ1) is 19.8. The number of anilines is 1. The van der Waals surface area contributed by atoms with Gasteiger partial charge in [0.1, 0.15) is 17.6 Å². The normalized spacial score (nSPS) is 10.9. The lowest BCUT2D eigenvalue weighted by Gasteiger charge is -2.12. The second-order valence-corrected chi connectivity index (χ2v) is 6.28. The zero-order valence-electron chi connectivity index (χ0n) is 16.1. The van der Waals surface area contributed by atoms with Crippen molar-refractivity contribution in [1.29, 1.82) is 5.26 Å². The summed E-state index contributed by atoms with van der Waals surface area (Å²) in [5, 5.41) is 14.8. The molecule has 142 valence electrons. The molecule has 29 heavy (non-hydrogen) atoms. The minimum Gasteiger partial charge on any atom is -0.309 e. The van der Waals surface area contributed by atoms with Gasteiger partial charge in [-0.1, -0.05) is 24.1 Å². The Morgan fingerprint density at radius 2 is 1.86 bits per heavy atom. The van der Waals surface area contributed by atoms with Crippen LogP contribution in [-0.4, -0.2) is 29.0 Å². The molecule has 0 bridgehead atoms. The zero-order valence-corrected chi connectivity index (χ0v) is 16.1. The van der Waals surface area contributed by atoms with E-state index in [-0.39, 0.29) is 11.9 Å². The summed E-state index contributed by atoms with van der Waals surface area (Å²) >= 11 is 0. The van der Waals surface area contributed by atoms with Gasteiger partial charge in [-0.25, -0.2) is 4.98 Å². The number of carbonyl (C=O) groups excluding carboxylic acids is 1. The number of rotatable bonds is 4. The average Bonchev–Trinajstić information content (AvgIpc) is 2.78. The van der Waals surface area contributed by atoms with Gasteiger partial charge >= 0.3 is 0 Å². The van der Waals surface area contributed by atoms with Gasteiger partial charge < -0.3 is 10.6 Å². The second kappa shape index (κ2) is 9.27. The minimum atomic E-state index is -0.355. The van der Waals surface area contributed by atoms with Crippen LogP contribution in [-0.2, 0) is 4.79 Å². The van der Waals surface area contributed by atoms with E-state index in [0.29, 0.717) is 17.1 Å². The fraction of sp³-hybridized carbons (Fsp3) is 0.130. The summed E-state index contributed by atoms with van der Waals surface area (Å²) in [4.78, 5) is 20.8. The Bertz CT molecular complexity index is 1120. The maximum atomic E-state index is 12.2. The summed E-state index contributed by atoms with van der Waals surface area (Å²) in [7, 11) is 1.72. The van der Waals surface area contributed by atoms with E-state index in [0.717, 1.165) is 16.7 Å². The van der Waals surface area contributed by atoms with Crippen molar-refractivity contribution in [2.45, 2.75) is 13.0 Å². The van der Waals surface area contributed by atoms with Crippen molar-refractivity contribution < 1.29 is 4.79 Å². The van der Waals surface area contributed by atoms with Gasteiger partial charge in [0.2, 0.25) is 5.91 Å². The Hall–Kier alpha value is -4.00. The number of hydrogen-bond acceptors (Lipinski definition) is 5. The summed E-state index contributed by atoms with van der Waals surface area (Å²) in [6, 6.07) is 16.6. The molecule has 1 amide bonds. The molecular weight excluding hydrogens is 362 g/mol. The van der Waals surface area contributed by atoms with Crippen LogP contribution in [0.25, 0.3) is 11.1 Å². The van der Waals surface area contributed by atoms with Crippen molar-refractivity contribution in [1.82, 2.24) is 15.3 Å². The van der Waals surface area contributed by atoms with Crippen molar-refractivity contribution in [3.63, 3.8) is 0 Å². The van der Waals surface area contributed by atoms with Gasteiger partial charge in [0.05, 0.1) is 11.6 Å². The maximum Gasteiger partial charge on any atom is 0.242 e. The standard InChI is InChI=1S/C23H19N5O/c1-16(25-2)23(29)28-22-11-9-20(19-12-18(13-24)14-26-15-19)21(27-22)10-8-17-6-4-3-5-7-17/h3-7,9,11-12,14-16,25H,1-2H3,(H,27,28,29). The maximum absolute atomic E-state index is 12.2. The first-order chi connectivity index (χ1) is 14.1. The van der Waals surface area contributed by atoms with E-state index in [1.165, 1.54) is 6.20 Å². The summed E-state index contributed by atoms with van der Waals surface area (Å²) in [5.74, 6) is 6.39. The third-order valence-corrected chi connectivity index (χ3v) is 4.25. The van der Waals surface area contributed by atoms with Crippen LogP contribution in [0.3, 0.4) is 0 Å². The van der Waals surface area contributed by atoms with Crippen LogP contribution in [0.1, 0.15) is 23.7 Å². The highest BCUT2D eigenvalue weighted by Gasteiger charge is 2.13. The van der Waals surface area contributed by atoms with Crippen molar-refractivity contribution in [2.75, 3.05) is 12.4 Å². The van der Waals surface area contributed by atoms with E-state index < -0.39 is 0 Å². The monoisotopic (exact) mass is 381 g/mol. The van der Waals surface area contributed by atoms with Crippen LogP contribution in [0, 0.1) is 23.2 Å². The molecule has 0 saturated carbocycles. The first-order valence-electron chi connectivity index (χ1n) is 9.02. The molecule has 0 spiro atoms. The highest BCUT2D eigenvalue weighted by molar-refractivity contribution is 5.94. The Balaban J connectivity index is 2.04. The van der Waals surface area contributed by atoms with Crippen molar-refractivity contribution >= 4 is 11.7 Å². The predicted octanol–water partition coefficient (Wildman–Crippen LogP) is 2.96. The van der Waals surface area contributed by atoms with E-state index >= 15 is 0 Å². The van der Waals surface area contributed by atoms with Crippen LogP contribution >= 0.6 is 0 Å². The number of carbonyl (C=O) groups is 1. The number of nitrogens with zero attached hydrogens (tertiary/aromatic N) is 3. The molecule has 1 aromatic carbocycles. The number of benzene rings is 1. The number of aromatic nitrogens is 2. The predicted molar refractivity (Wildman–Crippen MR) is 112 cm³/mol. The fourth-order valence-corrected chi connectivity index (χ4v) is 2.52. The highest BCUT2D eigenvalue weighted by Crippen LogP contribution is 2.24. The summed E-state index contributed by atoms with van der Waals surface area (Å²) in [5.41, 5.74) is 3.25. The molecule has 0 fully saturated rings. The van der Waals surface area contributed by atoms with E-state index in [4.69, 9.17) is 5.26 Å². The van der Waals surface area contributed by atoms with Crippen LogP contribution < -0.4 is 10.6 Å². The topological polar surface area (TPSA) is 90.7 Å². The van der Waals surface area contributed by atoms with Gasteiger partial charge in [0.15, 0.2) is 0 Å². The van der Waals surface area contributed by atoms with Crippen LogP contribution in [0.2, 0.25) is 0 Å². The zero-order chi connectivity index (χ0) is 20.6. The lowest BCUT2D eigenvalue weighted by molar-refractivity contribution is -0.117. The number of nitrogens with one attached hydrogen (secondary N) is 2. The summed E-state index contributed by atoms with van der Waals surface area (Å²) in [6.07, 6.45) is 3.16. The second-order valence-electron chi connectivity index (χ2n) is 6.28. The molecule has 1 atom stereocenters. The highest BCUT2D eigenvalue weighted by atomic mass is 16.2. The van der Waals surface area contributed by atoms with Crippen LogP contribution in [0.15, 0.2) is 60.9 Å². The number of likely N-dealkylation sites (N-methyl/N-ethyl adjacent to an activating group) is 1. The Labute approximate surface area is 169 Å². The molecule has 0 radical (unpaired) electrons. The molecule has 2 aromatic heterocycles. The third kappa shape index (κ3) is 5.04. The molecule has 2 N–H and O–H groups in total. The molecule has 6 heteroatoms. The van der Waals surface area contributed by atoms with E-state index in [1.807, 2.05) is 36.4 Å². The SMILES string of the molecule is CNC(C)C(=O)Nc1ccc(-c2cncc(C#N)c2)c(C#Cc2ccccc2)n1. The Morgan fingerprint density at radius 1 is 1.07 bits per heavy atom. The molecule has 0 aliphatic rings. The van der Waals surface area contributed by atoms with E-state index in [1.54, 1.807) is 32.3 Å². The first-order valence-corrected chi connectivity index (χ1v) is 9.02. The Morgan fingerprint density at radius 3 is 2.59 bits per heavy atom. The van der Waals surface area contributed by atoms with Gasteiger partial charge in [-0.15, -0.1) is 0 Å². The number of amides is 1. The van der Waals surface area contributed by atoms with Gasteiger partial charge in [-0.2, -0.15) is 5.26 Å². The molecule has 6 nitrogen and oxygen atoms in total. The lowest BCUT2D eigenvalue weighted by atomic mass is 10.0. The minimum absolute atomic E-state index is 0.192. The molecule has 0 aliphatic heterocycles. The van der Waals surface area contributed by atoms with Gasteiger partial charge in [0, 0.05) is 29.1 Å². The quantitative estimate of drug-likeness (QED) is 0.678. The molecule has 3 aromatic rings. The van der Waals surface area contributed by atoms with Crippen molar-refractivity contribution in [3.05, 3.63) is 77.7 Å². The largest absolute Gasteiger partial charge is 0.309 e. The summed E-state index contributed by atoms with van der Waals surface area (Å²) in [6.45, 7) is 1.76. The van der Waals surface area contributed by atoms with Gasteiger partial charge in [-0.3, -0.25) is 9.78 Å². The third-order valence-electron chi connectivity index (χ3n) is 4.25. The van der Waals surface area contributed by atoms with Crippen LogP contribution in [0.5, 0.6) is 0 Å². The molecule has 2 heterocycles. The molecular formula is C23H19N5O. The number of nitriles is 1. The number of hydrogen-bond donors (Lipinski definition) is 2. The lowest BCUT2D eigenvalue weighted by Crippen LogP contribution is -2.35. The fourth-order valence-electron chi connectivity index (χ4n) is 2.52. The number of pyridine rings is 2. The molecule has 1 unspecified atom stereocenters. The van der Waals surface area contributed by atoms with Crippen molar-refractivity contribution in [2.24, 2.45) is 0 Å². The van der Waals surface area contributed by atoms with Gasteiger partial charge in [0.25, 0.3) is 0 Å².